The number of rotatable bonds is 9. The molecule has 0 spiro atoms. The molecule has 1 atom stereocenters. The maximum atomic E-state index is 12.1. The average Bonchev–Trinajstić information content (AvgIpc) is 2.61. The van der Waals surface area contributed by atoms with Crippen molar-refractivity contribution in [3.8, 4) is 0 Å². The number of hydrogen-bond acceptors (Lipinski definition) is 5. The summed E-state index contributed by atoms with van der Waals surface area (Å²) in [5, 5.41) is 9.59. The first-order chi connectivity index (χ1) is 13.2. The van der Waals surface area contributed by atoms with Gasteiger partial charge in [0.2, 0.25) is 0 Å². The van der Waals surface area contributed by atoms with Crippen LogP contribution in [-0.2, 0) is 9.47 Å². The number of alkyl carbamates (subject to hydrolysis) is 1. The van der Waals surface area contributed by atoms with Gasteiger partial charge in [0.1, 0.15) is 5.60 Å². The highest BCUT2D eigenvalue weighted by atomic mass is 16.6. The molecule has 1 fully saturated rings. The quantitative estimate of drug-likeness (QED) is 0.311. The van der Waals surface area contributed by atoms with Crippen molar-refractivity contribution in [2.24, 2.45) is 10.9 Å². The van der Waals surface area contributed by atoms with Crippen LogP contribution in [0.2, 0.25) is 0 Å². The second-order valence-corrected chi connectivity index (χ2v) is 8.45. The highest BCUT2D eigenvalue weighted by Crippen LogP contribution is 2.09. The third-order valence-corrected chi connectivity index (χ3v) is 4.34. The SMILES string of the molecule is CCNC(=NCC(NC(=O)OC(C)(C)C)C(C)C)NCCCN1CCOCC1. The third kappa shape index (κ3) is 11.3. The molecule has 0 aliphatic carbocycles. The van der Waals surface area contributed by atoms with Gasteiger partial charge in [0.25, 0.3) is 0 Å². The highest BCUT2D eigenvalue weighted by molar-refractivity contribution is 5.79. The van der Waals surface area contributed by atoms with Gasteiger partial charge in [-0.3, -0.25) is 9.89 Å². The Hall–Kier alpha value is -1.54. The Bertz CT molecular complexity index is 471. The summed E-state index contributed by atoms with van der Waals surface area (Å²) in [6.45, 7) is 18.7. The number of amides is 1. The molecule has 164 valence electrons. The van der Waals surface area contributed by atoms with Crippen LogP contribution in [-0.4, -0.2) is 81.1 Å². The largest absolute Gasteiger partial charge is 0.444 e. The zero-order valence-corrected chi connectivity index (χ0v) is 18.6. The van der Waals surface area contributed by atoms with Gasteiger partial charge in [0, 0.05) is 26.2 Å². The fraction of sp³-hybridized carbons (Fsp3) is 0.900. The van der Waals surface area contributed by atoms with Crippen LogP contribution in [0.25, 0.3) is 0 Å². The number of nitrogens with one attached hydrogen (secondary N) is 3. The zero-order chi connectivity index (χ0) is 21.0. The molecule has 0 aromatic carbocycles. The maximum absolute atomic E-state index is 12.1. The molecule has 0 bridgehead atoms. The Labute approximate surface area is 170 Å². The standard InChI is InChI=1S/C20H41N5O3/c1-7-21-18(22-9-8-10-25-11-13-27-14-12-25)23-15-17(16(2)3)24-19(26)28-20(4,5)6/h16-17H,7-15H2,1-6H3,(H,24,26)(H2,21,22,23). The molecule has 1 aliphatic heterocycles. The molecule has 0 saturated carbocycles. The summed E-state index contributed by atoms with van der Waals surface area (Å²) in [7, 11) is 0. The second-order valence-electron chi connectivity index (χ2n) is 8.45. The molecule has 1 heterocycles. The molecule has 1 rings (SSSR count). The number of ether oxygens (including phenoxy) is 2. The van der Waals surface area contributed by atoms with Gasteiger partial charge in [0.15, 0.2) is 5.96 Å². The number of aliphatic imine (C=N–C) groups is 1. The fourth-order valence-electron chi connectivity index (χ4n) is 2.75. The second kappa shape index (κ2) is 12.8. The smallest absolute Gasteiger partial charge is 0.407 e. The Morgan fingerprint density at radius 3 is 2.46 bits per heavy atom. The van der Waals surface area contributed by atoms with E-state index < -0.39 is 11.7 Å². The topological polar surface area (TPSA) is 87.2 Å². The normalized spacial score (nSPS) is 17.3. The van der Waals surface area contributed by atoms with Gasteiger partial charge in [-0.25, -0.2) is 4.79 Å². The van der Waals surface area contributed by atoms with Crippen molar-refractivity contribution in [3.05, 3.63) is 0 Å². The summed E-state index contributed by atoms with van der Waals surface area (Å²) in [6, 6.07) is -0.0846. The van der Waals surface area contributed by atoms with E-state index in [1.807, 2.05) is 27.7 Å². The van der Waals surface area contributed by atoms with E-state index in [9.17, 15) is 4.79 Å². The molecule has 1 saturated heterocycles. The van der Waals surface area contributed by atoms with E-state index in [1.54, 1.807) is 0 Å². The zero-order valence-electron chi connectivity index (χ0n) is 18.6. The van der Waals surface area contributed by atoms with E-state index in [0.29, 0.717) is 6.54 Å². The van der Waals surface area contributed by atoms with Crippen LogP contribution in [0.5, 0.6) is 0 Å². The minimum Gasteiger partial charge on any atom is -0.444 e. The summed E-state index contributed by atoms with van der Waals surface area (Å²) in [5.41, 5.74) is -0.508. The fourth-order valence-corrected chi connectivity index (χ4v) is 2.75. The molecule has 0 aromatic rings. The number of guanidine groups is 1. The van der Waals surface area contributed by atoms with E-state index in [-0.39, 0.29) is 12.0 Å². The molecule has 0 radical (unpaired) electrons. The van der Waals surface area contributed by atoms with E-state index in [2.05, 4.69) is 39.7 Å². The van der Waals surface area contributed by atoms with E-state index >= 15 is 0 Å². The molecule has 0 aromatic heterocycles. The van der Waals surface area contributed by atoms with Crippen LogP contribution in [0.15, 0.2) is 4.99 Å². The van der Waals surface area contributed by atoms with Crippen molar-refractivity contribution in [1.82, 2.24) is 20.9 Å². The molecular formula is C20H41N5O3. The van der Waals surface area contributed by atoms with Gasteiger partial charge < -0.3 is 25.4 Å². The Balaban J connectivity index is 2.45. The third-order valence-electron chi connectivity index (χ3n) is 4.34. The predicted molar refractivity (Wildman–Crippen MR) is 114 cm³/mol. The van der Waals surface area contributed by atoms with Crippen molar-refractivity contribution < 1.29 is 14.3 Å². The lowest BCUT2D eigenvalue weighted by Crippen LogP contribution is -2.45. The van der Waals surface area contributed by atoms with Gasteiger partial charge in [-0.15, -0.1) is 0 Å². The molecule has 1 amide bonds. The van der Waals surface area contributed by atoms with Gasteiger partial charge in [-0.05, 0) is 46.6 Å². The summed E-state index contributed by atoms with van der Waals surface area (Å²) in [6.07, 6.45) is 0.652. The van der Waals surface area contributed by atoms with Crippen LogP contribution < -0.4 is 16.0 Å². The van der Waals surface area contributed by atoms with E-state index in [0.717, 1.165) is 58.3 Å². The summed E-state index contributed by atoms with van der Waals surface area (Å²) >= 11 is 0. The molecular weight excluding hydrogens is 358 g/mol. The first-order valence-electron chi connectivity index (χ1n) is 10.5. The van der Waals surface area contributed by atoms with Crippen LogP contribution in [0, 0.1) is 5.92 Å². The van der Waals surface area contributed by atoms with E-state index in [4.69, 9.17) is 9.47 Å². The van der Waals surface area contributed by atoms with Crippen molar-refractivity contribution in [2.45, 2.75) is 59.6 Å². The minimum atomic E-state index is -0.508. The van der Waals surface area contributed by atoms with Crippen molar-refractivity contribution in [3.63, 3.8) is 0 Å². The van der Waals surface area contributed by atoms with Crippen molar-refractivity contribution >= 4 is 12.1 Å². The summed E-state index contributed by atoms with van der Waals surface area (Å²) < 4.78 is 10.7. The van der Waals surface area contributed by atoms with Gasteiger partial charge in [-0.1, -0.05) is 13.8 Å². The minimum absolute atomic E-state index is 0.0846. The molecule has 3 N–H and O–H groups in total. The molecule has 8 heteroatoms. The monoisotopic (exact) mass is 399 g/mol. The number of morpholine rings is 1. The Morgan fingerprint density at radius 1 is 1.21 bits per heavy atom. The number of hydrogen-bond donors (Lipinski definition) is 3. The van der Waals surface area contributed by atoms with Crippen LogP contribution >= 0.6 is 0 Å². The van der Waals surface area contributed by atoms with Crippen LogP contribution in [0.3, 0.4) is 0 Å². The molecule has 28 heavy (non-hydrogen) atoms. The Kier molecular flexibility index (Phi) is 11.2. The predicted octanol–water partition coefficient (Wildman–Crippen LogP) is 1.81. The van der Waals surface area contributed by atoms with Gasteiger partial charge >= 0.3 is 6.09 Å². The molecule has 8 nitrogen and oxygen atoms in total. The lowest BCUT2D eigenvalue weighted by Gasteiger charge is -2.26. The lowest BCUT2D eigenvalue weighted by molar-refractivity contribution is 0.0376. The number of nitrogens with zero attached hydrogens (tertiary/aromatic N) is 2. The van der Waals surface area contributed by atoms with Crippen molar-refractivity contribution in [1.29, 1.82) is 0 Å². The summed E-state index contributed by atoms with van der Waals surface area (Å²) in [5.74, 6) is 1.03. The van der Waals surface area contributed by atoms with Gasteiger partial charge in [0.05, 0.1) is 25.8 Å². The molecule has 1 unspecified atom stereocenters. The first kappa shape index (κ1) is 24.5. The van der Waals surface area contributed by atoms with Crippen LogP contribution in [0.1, 0.15) is 48.0 Å². The Morgan fingerprint density at radius 2 is 1.89 bits per heavy atom. The summed E-state index contributed by atoms with van der Waals surface area (Å²) in [4.78, 5) is 19.2. The maximum Gasteiger partial charge on any atom is 0.407 e. The van der Waals surface area contributed by atoms with Gasteiger partial charge in [-0.2, -0.15) is 0 Å². The van der Waals surface area contributed by atoms with E-state index in [1.165, 1.54) is 0 Å². The lowest BCUT2D eigenvalue weighted by atomic mass is 10.1. The average molecular weight is 400 g/mol. The first-order valence-corrected chi connectivity index (χ1v) is 10.5. The highest BCUT2D eigenvalue weighted by Gasteiger charge is 2.21. The molecule has 1 aliphatic rings. The number of carbonyl (C=O) groups is 1. The number of carbonyl (C=O) groups excluding carboxylic acids is 1. The van der Waals surface area contributed by atoms with Crippen LogP contribution in [0.4, 0.5) is 4.79 Å². The van der Waals surface area contributed by atoms with Crippen molar-refractivity contribution in [2.75, 3.05) is 52.5 Å².